The molecule has 2 aromatic rings. The van der Waals surface area contributed by atoms with Crippen LogP contribution in [-0.2, 0) is 17.7 Å². The number of ether oxygens (including phenoxy) is 1. The van der Waals surface area contributed by atoms with Crippen LogP contribution in [0.15, 0.2) is 53.1 Å². The minimum Gasteiger partial charge on any atom is -0.468 e. The summed E-state index contributed by atoms with van der Waals surface area (Å²) >= 11 is 0. The zero-order chi connectivity index (χ0) is 13.9. The molecule has 0 atom stereocenters. The van der Waals surface area contributed by atoms with E-state index in [1.165, 1.54) is 5.56 Å². The molecule has 0 aliphatic rings. The second-order valence-corrected chi connectivity index (χ2v) is 4.81. The SMILES string of the molecule is c1ccc(CCOCCCCNCc2ccco2)cc1. The fourth-order valence-corrected chi connectivity index (χ4v) is 2.02. The molecule has 1 N–H and O–H groups in total. The van der Waals surface area contributed by atoms with Crippen LogP contribution in [0.3, 0.4) is 0 Å². The zero-order valence-electron chi connectivity index (χ0n) is 11.9. The van der Waals surface area contributed by atoms with Crippen LogP contribution in [-0.4, -0.2) is 19.8 Å². The van der Waals surface area contributed by atoms with Crippen molar-refractivity contribution in [1.82, 2.24) is 5.32 Å². The zero-order valence-corrected chi connectivity index (χ0v) is 11.9. The Hall–Kier alpha value is -1.58. The molecular formula is C17H23NO2. The number of unbranched alkanes of at least 4 members (excludes halogenated alkanes) is 1. The molecule has 2 rings (SSSR count). The monoisotopic (exact) mass is 273 g/mol. The Morgan fingerprint density at radius 2 is 1.85 bits per heavy atom. The van der Waals surface area contributed by atoms with Gasteiger partial charge in [0.05, 0.1) is 19.4 Å². The van der Waals surface area contributed by atoms with Gasteiger partial charge in [0.1, 0.15) is 5.76 Å². The fourth-order valence-electron chi connectivity index (χ4n) is 2.02. The van der Waals surface area contributed by atoms with Crippen molar-refractivity contribution in [2.24, 2.45) is 0 Å². The Morgan fingerprint density at radius 3 is 2.65 bits per heavy atom. The highest BCUT2D eigenvalue weighted by Gasteiger charge is 1.95. The lowest BCUT2D eigenvalue weighted by molar-refractivity contribution is 0.133. The van der Waals surface area contributed by atoms with Crippen LogP contribution in [0.5, 0.6) is 0 Å². The molecule has 0 bridgehead atoms. The Morgan fingerprint density at radius 1 is 0.950 bits per heavy atom. The summed E-state index contributed by atoms with van der Waals surface area (Å²) in [6.45, 7) is 3.46. The van der Waals surface area contributed by atoms with E-state index in [4.69, 9.17) is 9.15 Å². The number of nitrogens with one attached hydrogen (secondary N) is 1. The molecule has 108 valence electrons. The first-order chi connectivity index (χ1) is 9.95. The highest BCUT2D eigenvalue weighted by molar-refractivity contribution is 5.14. The second-order valence-electron chi connectivity index (χ2n) is 4.81. The summed E-state index contributed by atoms with van der Waals surface area (Å²) in [5.74, 6) is 0.990. The van der Waals surface area contributed by atoms with Crippen LogP contribution in [0.2, 0.25) is 0 Å². The van der Waals surface area contributed by atoms with Crippen LogP contribution >= 0.6 is 0 Å². The maximum atomic E-state index is 5.64. The molecule has 1 aromatic heterocycles. The van der Waals surface area contributed by atoms with Gasteiger partial charge in [-0.1, -0.05) is 30.3 Å². The van der Waals surface area contributed by atoms with Crippen LogP contribution in [0.1, 0.15) is 24.2 Å². The average Bonchev–Trinajstić information content (AvgIpc) is 3.00. The topological polar surface area (TPSA) is 34.4 Å². The second kappa shape index (κ2) is 9.34. The van der Waals surface area contributed by atoms with Crippen LogP contribution in [0.4, 0.5) is 0 Å². The molecule has 0 aliphatic heterocycles. The third kappa shape index (κ3) is 6.04. The first-order valence-electron chi connectivity index (χ1n) is 7.30. The smallest absolute Gasteiger partial charge is 0.117 e. The first kappa shape index (κ1) is 14.8. The standard InChI is InChI=1S/C17H23NO2/c1-2-7-16(8-3-1)10-14-19-12-5-4-11-18-15-17-9-6-13-20-17/h1-3,6-9,13,18H,4-5,10-12,14-15H2. The summed E-state index contributed by atoms with van der Waals surface area (Å²) in [5.41, 5.74) is 1.34. The minimum absolute atomic E-state index is 0.807. The summed E-state index contributed by atoms with van der Waals surface area (Å²) in [6, 6.07) is 14.4. The maximum absolute atomic E-state index is 5.64. The van der Waals surface area contributed by atoms with Gasteiger partial charge in [0.25, 0.3) is 0 Å². The molecule has 0 aliphatic carbocycles. The third-order valence-electron chi connectivity index (χ3n) is 3.15. The van der Waals surface area contributed by atoms with Crippen molar-refractivity contribution in [3.63, 3.8) is 0 Å². The molecule has 0 saturated heterocycles. The highest BCUT2D eigenvalue weighted by atomic mass is 16.5. The summed E-state index contributed by atoms with van der Waals surface area (Å²) < 4.78 is 10.9. The van der Waals surface area contributed by atoms with E-state index in [-0.39, 0.29) is 0 Å². The van der Waals surface area contributed by atoms with Gasteiger partial charge in [-0.2, -0.15) is 0 Å². The molecule has 0 amide bonds. The highest BCUT2D eigenvalue weighted by Crippen LogP contribution is 2.01. The lowest BCUT2D eigenvalue weighted by Gasteiger charge is -2.05. The number of rotatable bonds is 10. The minimum atomic E-state index is 0.807. The summed E-state index contributed by atoms with van der Waals surface area (Å²) in [4.78, 5) is 0. The number of benzene rings is 1. The lowest BCUT2D eigenvalue weighted by atomic mass is 10.2. The van der Waals surface area contributed by atoms with Crippen LogP contribution in [0, 0.1) is 0 Å². The van der Waals surface area contributed by atoms with E-state index in [0.717, 1.165) is 51.3 Å². The Balaban J connectivity index is 1.39. The van der Waals surface area contributed by atoms with E-state index < -0.39 is 0 Å². The Bertz CT molecular complexity index is 439. The summed E-state index contributed by atoms with van der Waals surface area (Å²) in [6.07, 6.45) is 4.93. The van der Waals surface area contributed by atoms with Crippen molar-refractivity contribution in [2.75, 3.05) is 19.8 Å². The van der Waals surface area contributed by atoms with Gasteiger partial charge >= 0.3 is 0 Å². The van der Waals surface area contributed by atoms with E-state index in [1.807, 2.05) is 18.2 Å². The first-order valence-corrected chi connectivity index (χ1v) is 7.30. The van der Waals surface area contributed by atoms with Gasteiger partial charge in [0, 0.05) is 6.61 Å². The predicted molar refractivity (Wildman–Crippen MR) is 80.6 cm³/mol. The summed E-state index contributed by atoms with van der Waals surface area (Å²) in [5, 5.41) is 3.36. The van der Waals surface area contributed by atoms with Crippen molar-refractivity contribution < 1.29 is 9.15 Å². The third-order valence-corrected chi connectivity index (χ3v) is 3.15. The Labute approximate surface area is 121 Å². The van der Waals surface area contributed by atoms with Gasteiger partial charge in [-0.05, 0) is 43.5 Å². The number of furan rings is 1. The van der Waals surface area contributed by atoms with E-state index in [2.05, 4.69) is 29.6 Å². The molecule has 1 heterocycles. The van der Waals surface area contributed by atoms with Crippen molar-refractivity contribution in [2.45, 2.75) is 25.8 Å². The molecular weight excluding hydrogens is 250 g/mol. The van der Waals surface area contributed by atoms with Gasteiger partial charge < -0.3 is 14.5 Å². The molecule has 0 fully saturated rings. The maximum Gasteiger partial charge on any atom is 0.117 e. The molecule has 3 heteroatoms. The van der Waals surface area contributed by atoms with Crippen molar-refractivity contribution in [3.05, 3.63) is 60.1 Å². The number of hydrogen-bond donors (Lipinski definition) is 1. The van der Waals surface area contributed by atoms with Crippen molar-refractivity contribution in [3.8, 4) is 0 Å². The largest absolute Gasteiger partial charge is 0.468 e. The quantitative estimate of drug-likeness (QED) is 0.674. The summed E-state index contributed by atoms with van der Waals surface area (Å²) in [7, 11) is 0. The van der Waals surface area contributed by atoms with E-state index in [1.54, 1.807) is 6.26 Å². The normalized spacial score (nSPS) is 10.8. The molecule has 20 heavy (non-hydrogen) atoms. The van der Waals surface area contributed by atoms with Crippen molar-refractivity contribution in [1.29, 1.82) is 0 Å². The molecule has 1 aromatic carbocycles. The van der Waals surface area contributed by atoms with E-state index in [0.29, 0.717) is 0 Å². The molecule has 0 unspecified atom stereocenters. The van der Waals surface area contributed by atoms with Gasteiger partial charge in [0.15, 0.2) is 0 Å². The molecule has 0 saturated carbocycles. The van der Waals surface area contributed by atoms with Crippen molar-refractivity contribution >= 4 is 0 Å². The van der Waals surface area contributed by atoms with Gasteiger partial charge in [-0.15, -0.1) is 0 Å². The van der Waals surface area contributed by atoms with Crippen LogP contribution in [0.25, 0.3) is 0 Å². The van der Waals surface area contributed by atoms with Crippen LogP contribution < -0.4 is 5.32 Å². The van der Waals surface area contributed by atoms with Gasteiger partial charge in [-0.3, -0.25) is 0 Å². The average molecular weight is 273 g/mol. The molecule has 3 nitrogen and oxygen atoms in total. The lowest BCUT2D eigenvalue weighted by Crippen LogP contribution is -2.14. The molecule has 0 spiro atoms. The predicted octanol–water partition coefficient (Wildman–Crippen LogP) is 3.41. The fraction of sp³-hybridized carbons (Fsp3) is 0.412. The van der Waals surface area contributed by atoms with E-state index in [9.17, 15) is 0 Å². The Kier molecular flexibility index (Phi) is 6.92. The van der Waals surface area contributed by atoms with Gasteiger partial charge in [0.2, 0.25) is 0 Å². The van der Waals surface area contributed by atoms with Gasteiger partial charge in [-0.25, -0.2) is 0 Å². The molecule has 0 radical (unpaired) electrons. The van der Waals surface area contributed by atoms with E-state index >= 15 is 0 Å². The number of hydrogen-bond acceptors (Lipinski definition) is 3.